The first-order valence-electron chi connectivity index (χ1n) is 11.8. The van der Waals surface area contributed by atoms with E-state index < -0.39 is 17.6 Å². The number of hydrazine groups is 1. The van der Waals surface area contributed by atoms with E-state index in [1.165, 1.54) is 17.3 Å². The topological polar surface area (TPSA) is 127 Å². The summed E-state index contributed by atoms with van der Waals surface area (Å²) in [5.74, 6) is 5.33. The molecule has 0 spiro atoms. The van der Waals surface area contributed by atoms with Crippen molar-refractivity contribution in [1.29, 1.82) is 5.41 Å². The summed E-state index contributed by atoms with van der Waals surface area (Å²) < 4.78 is 38.9. The second kappa shape index (κ2) is 11.1. The average molecular weight is 528 g/mol. The van der Waals surface area contributed by atoms with Gasteiger partial charge in [0.25, 0.3) is 5.91 Å². The summed E-state index contributed by atoms with van der Waals surface area (Å²) in [6.07, 6.45) is 1.08. The van der Waals surface area contributed by atoms with E-state index in [-0.39, 0.29) is 23.6 Å². The first kappa shape index (κ1) is 26.9. The van der Waals surface area contributed by atoms with Crippen LogP contribution in [0.25, 0.3) is 0 Å². The van der Waals surface area contributed by atoms with E-state index in [4.69, 9.17) is 11.3 Å². The number of pyridine rings is 3. The third-order valence-corrected chi connectivity index (χ3v) is 6.23. The largest absolute Gasteiger partial charge is 0.416 e. The number of aryl methyl sites for hydroxylation is 1. The summed E-state index contributed by atoms with van der Waals surface area (Å²) >= 11 is 0. The van der Waals surface area contributed by atoms with E-state index in [0.717, 1.165) is 50.2 Å². The minimum absolute atomic E-state index is 0.0106. The first-order chi connectivity index (χ1) is 18.0. The molecule has 4 rings (SSSR count). The van der Waals surface area contributed by atoms with Crippen LogP contribution >= 0.6 is 0 Å². The number of piperazine rings is 1. The van der Waals surface area contributed by atoms with Gasteiger partial charge >= 0.3 is 6.18 Å². The number of nitrogens with one attached hydrogen (secondary N) is 2. The van der Waals surface area contributed by atoms with E-state index in [2.05, 4.69) is 37.1 Å². The smallest absolute Gasteiger partial charge is 0.368 e. The monoisotopic (exact) mass is 527 g/mol. The lowest BCUT2D eigenvalue weighted by Crippen LogP contribution is -2.44. The molecule has 0 saturated carbocycles. The van der Waals surface area contributed by atoms with Crippen LogP contribution in [0, 0.1) is 12.3 Å². The zero-order chi connectivity index (χ0) is 27.4. The van der Waals surface area contributed by atoms with Crippen molar-refractivity contribution in [3.63, 3.8) is 0 Å². The maximum absolute atomic E-state index is 13.0. The highest BCUT2D eigenvalue weighted by molar-refractivity contribution is 6.05. The van der Waals surface area contributed by atoms with Gasteiger partial charge in [0.1, 0.15) is 5.82 Å². The molecule has 0 unspecified atom stereocenters. The number of rotatable bonds is 7. The molecule has 1 aliphatic heterocycles. The fourth-order valence-electron chi connectivity index (χ4n) is 3.98. The Morgan fingerprint density at radius 1 is 1.11 bits per heavy atom. The predicted molar refractivity (Wildman–Crippen MR) is 138 cm³/mol. The number of alkyl halides is 3. The van der Waals surface area contributed by atoms with E-state index in [0.29, 0.717) is 16.9 Å². The summed E-state index contributed by atoms with van der Waals surface area (Å²) in [6, 6.07) is 4.95. The van der Waals surface area contributed by atoms with Gasteiger partial charge in [-0.05, 0) is 38.2 Å². The molecule has 10 nitrogen and oxygen atoms in total. The van der Waals surface area contributed by atoms with Crippen LogP contribution in [0.4, 0.5) is 30.4 Å². The van der Waals surface area contributed by atoms with Crippen molar-refractivity contribution < 1.29 is 18.0 Å². The molecule has 0 aliphatic carbocycles. The number of aromatic nitrogens is 3. The highest BCUT2D eigenvalue weighted by Crippen LogP contribution is 2.30. The molecule has 200 valence electrons. The summed E-state index contributed by atoms with van der Waals surface area (Å²) in [7, 11) is 2.08. The van der Waals surface area contributed by atoms with Crippen LogP contribution in [0.1, 0.15) is 27.2 Å². The molecular weight excluding hydrogens is 499 g/mol. The Balaban J connectivity index is 1.46. The lowest BCUT2D eigenvalue weighted by Gasteiger charge is -2.34. The van der Waals surface area contributed by atoms with Crippen LogP contribution < -0.4 is 21.1 Å². The Bertz CT molecular complexity index is 1320. The molecule has 1 saturated heterocycles. The van der Waals surface area contributed by atoms with Gasteiger partial charge in [0.15, 0.2) is 0 Å². The van der Waals surface area contributed by atoms with Crippen LogP contribution in [0.15, 0.2) is 49.1 Å². The van der Waals surface area contributed by atoms with E-state index in [1.807, 2.05) is 6.07 Å². The number of carbonyl (C=O) groups is 1. The molecule has 1 fully saturated rings. The van der Waals surface area contributed by atoms with Crippen LogP contribution in [-0.2, 0) is 6.18 Å². The van der Waals surface area contributed by atoms with Crippen LogP contribution in [0.5, 0.6) is 0 Å². The summed E-state index contributed by atoms with van der Waals surface area (Å²) in [5, 5.41) is 12.2. The number of amides is 1. The lowest BCUT2D eigenvalue weighted by atomic mass is 10.1. The van der Waals surface area contributed by atoms with Crippen LogP contribution in [0.2, 0.25) is 0 Å². The van der Waals surface area contributed by atoms with Crippen molar-refractivity contribution in [2.24, 2.45) is 5.84 Å². The van der Waals surface area contributed by atoms with Gasteiger partial charge < -0.3 is 25.5 Å². The molecule has 0 bridgehead atoms. The van der Waals surface area contributed by atoms with Gasteiger partial charge in [-0.2, -0.15) is 13.2 Å². The summed E-state index contributed by atoms with van der Waals surface area (Å²) in [4.78, 5) is 29.5. The van der Waals surface area contributed by atoms with Gasteiger partial charge in [-0.25, -0.2) is 10.8 Å². The average Bonchev–Trinajstić information content (AvgIpc) is 2.89. The molecule has 1 aliphatic rings. The number of nitrogens with zero attached hydrogens (tertiary/aromatic N) is 6. The molecule has 0 atom stereocenters. The third kappa shape index (κ3) is 6.42. The molecule has 38 heavy (non-hydrogen) atoms. The van der Waals surface area contributed by atoms with Crippen LogP contribution in [-0.4, -0.2) is 71.2 Å². The predicted octanol–water partition coefficient (Wildman–Crippen LogP) is 2.95. The molecule has 3 aromatic heterocycles. The second-order valence-electron chi connectivity index (χ2n) is 9.04. The summed E-state index contributed by atoms with van der Waals surface area (Å²) in [5.41, 5.74) is 1.82. The Labute approximate surface area is 217 Å². The molecule has 4 N–H and O–H groups in total. The second-order valence-corrected chi connectivity index (χ2v) is 9.04. The third-order valence-electron chi connectivity index (χ3n) is 6.23. The highest BCUT2D eigenvalue weighted by Gasteiger charge is 2.31. The van der Waals surface area contributed by atoms with Crippen molar-refractivity contribution in [2.75, 3.05) is 55.0 Å². The summed E-state index contributed by atoms with van der Waals surface area (Å²) in [6.45, 7) is 5.33. The zero-order valence-electron chi connectivity index (χ0n) is 21.0. The normalized spacial score (nSPS) is 14.3. The van der Waals surface area contributed by atoms with Crippen molar-refractivity contribution >= 4 is 28.8 Å². The van der Waals surface area contributed by atoms with Gasteiger partial charge in [0.2, 0.25) is 0 Å². The molecule has 3 aromatic rings. The number of hydrogen-bond donors (Lipinski definition) is 3. The van der Waals surface area contributed by atoms with Gasteiger partial charge in [0, 0.05) is 50.3 Å². The number of nitrogens with two attached hydrogens (primary N) is 1. The number of carbonyl (C=O) groups excluding carboxylic acids is 1. The van der Waals surface area contributed by atoms with Crippen molar-refractivity contribution in [3.05, 3.63) is 71.4 Å². The van der Waals surface area contributed by atoms with Gasteiger partial charge in [-0.15, -0.1) is 0 Å². The number of anilines is 3. The Hall–Kier alpha value is -4.10. The van der Waals surface area contributed by atoms with Crippen molar-refractivity contribution in [1.82, 2.24) is 19.9 Å². The standard InChI is InChI=1S/C25H28F3N9O/c1-16-22(10-18(13-33-16)24(38)34-23-11-19(3-4-32-23)25(26,27)28)37(30)15-21(29)17-9-20(14-31-12-17)36-7-5-35(2)6-8-36/h3-4,9-14,29H,5-8,15,30H2,1-2H3,(H,32,34,38). The Morgan fingerprint density at radius 2 is 1.84 bits per heavy atom. The molecule has 0 radical (unpaired) electrons. The molecular formula is C25H28F3N9O. The fourth-order valence-corrected chi connectivity index (χ4v) is 3.98. The lowest BCUT2D eigenvalue weighted by molar-refractivity contribution is -0.137. The van der Waals surface area contributed by atoms with Gasteiger partial charge in [-0.1, -0.05) is 0 Å². The number of likely N-dealkylation sites (N-methyl/N-ethyl adjacent to an activating group) is 1. The molecule has 13 heteroatoms. The minimum Gasteiger partial charge on any atom is -0.368 e. The van der Waals surface area contributed by atoms with E-state index in [1.54, 1.807) is 19.3 Å². The molecule has 0 aromatic carbocycles. The Kier molecular flexibility index (Phi) is 7.88. The van der Waals surface area contributed by atoms with Crippen LogP contribution in [0.3, 0.4) is 0 Å². The minimum atomic E-state index is -4.56. The Morgan fingerprint density at radius 3 is 2.55 bits per heavy atom. The first-order valence-corrected chi connectivity index (χ1v) is 11.8. The quantitative estimate of drug-likeness (QED) is 0.243. The number of halogens is 3. The maximum Gasteiger partial charge on any atom is 0.416 e. The van der Waals surface area contributed by atoms with E-state index in [9.17, 15) is 18.0 Å². The van der Waals surface area contributed by atoms with E-state index >= 15 is 0 Å². The zero-order valence-corrected chi connectivity index (χ0v) is 21.0. The maximum atomic E-state index is 13.0. The van der Waals surface area contributed by atoms with Gasteiger partial charge in [-0.3, -0.25) is 14.8 Å². The molecule has 1 amide bonds. The SMILES string of the molecule is Cc1ncc(C(=O)Nc2cc(C(F)(F)F)ccn2)cc1N(N)CC(=N)c1cncc(N2CCN(C)CC2)c1. The van der Waals surface area contributed by atoms with Crippen molar-refractivity contribution in [2.45, 2.75) is 13.1 Å². The number of hydrogen-bond acceptors (Lipinski definition) is 9. The van der Waals surface area contributed by atoms with Gasteiger partial charge in [0.05, 0.1) is 46.6 Å². The van der Waals surface area contributed by atoms with Crippen molar-refractivity contribution in [3.8, 4) is 0 Å². The fraction of sp³-hybridized carbons (Fsp3) is 0.320. The molecule has 4 heterocycles. The highest BCUT2D eigenvalue weighted by atomic mass is 19.4.